The third-order valence-corrected chi connectivity index (χ3v) is 4.09. The number of nitrogens with one attached hydrogen (secondary N) is 2. The monoisotopic (exact) mass is 379 g/mol. The first-order chi connectivity index (χ1) is 13.6. The Hall–Kier alpha value is -3.68. The second-order valence-electron chi connectivity index (χ2n) is 6.07. The van der Waals surface area contributed by atoms with Crippen molar-refractivity contribution in [2.75, 3.05) is 12.5 Å². The normalized spacial score (nSPS) is 10.8. The summed E-state index contributed by atoms with van der Waals surface area (Å²) < 4.78 is 11.3. The molecule has 0 radical (unpaired) electrons. The molecule has 0 unspecified atom stereocenters. The van der Waals surface area contributed by atoms with Crippen molar-refractivity contribution in [3.8, 4) is 11.5 Å². The van der Waals surface area contributed by atoms with Crippen LogP contribution in [0.1, 0.15) is 22.4 Å². The van der Waals surface area contributed by atoms with Gasteiger partial charge in [-0.1, -0.05) is 24.3 Å². The summed E-state index contributed by atoms with van der Waals surface area (Å²) in [7, 11) is 1.59. The van der Waals surface area contributed by atoms with E-state index in [1.807, 2.05) is 36.4 Å². The molecule has 0 aliphatic rings. The number of aromatic nitrogens is 3. The van der Waals surface area contributed by atoms with Crippen LogP contribution < -0.4 is 20.6 Å². The molecule has 0 fully saturated rings. The van der Waals surface area contributed by atoms with Gasteiger partial charge in [-0.15, -0.1) is 0 Å². The Labute approximate surface area is 162 Å². The van der Waals surface area contributed by atoms with Crippen LogP contribution in [0.3, 0.4) is 0 Å². The highest BCUT2D eigenvalue weighted by Gasteiger charge is 2.07. The van der Waals surface area contributed by atoms with Gasteiger partial charge in [0.1, 0.15) is 12.3 Å². The molecule has 0 aliphatic heterocycles. The van der Waals surface area contributed by atoms with E-state index in [1.165, 1.54) is 5.56 Å². The highest BCUT2D eigenvalue weighted by atomic mass is 16.5. The van der Waals surface area contributed by atoms with Crippen LogP contribution in [0.4, 0.5) is 5.82 Å². The molecule has 8 heteroatoms. The summed E-state index contributed by atoms with van der Waals surface area (Å²) in [6.07, 6.45) is 1.59. The molecule has 0 amide bonds. The third-order valence-electron chi connectivity index (χ3n) is 4.09. The summed E-state index contributed by atoms with van der Waals surface area (Å²) in [4.78, 5) is 15.0. The lowest BCUT2D eigenvalue weighted by molar-refractivity contribution is 0.284. The summed E-state index contributed by atoms with van der Waals surface area (Å²) in [5.74, 6) is 1.54. The van der Waals surface area contributed by atoms with E-state index in [0.717, 1.165) is 11.1 Å². The van der Waals surface area contributed by atoms with Gasteiger partial charge in [0.05, 0.1) is 13.3 Å². The number of methoxy groups -OCH3 is 1. The van der Waals surface area contributed by atoms with Gasteiger partial charge in [-0.25, -0.2) is 9.89 Å². The second-order valence-corrected chi connectivity index (χ2v) is 6.07. The quantitative estimate of drug-likeness (QED) is 0.483. The first-order valence-corrected chi connectivity index (χ1v) is 8.64. The van der Waals surface area contributed by atoms with E-state index >= 15 is 0 Å². The van der Waals surface area contributed by atoms with Gasteiger partial charge in [0, 0.05) is 0 Å². The Bertz CT molecular complexity index is 1050. The van der Waals surface area contributed by atoms with Crippen molar-refractivity contribution in [3.63, 3.8) is 0 Å². The number of aromatic amines is 1. The number of aryl methyl sites for hydroxylation is 2. The summed E-state index contributed by atoms with van der Waals surface area (Å²) >= 11 is 0. The molecule has 0 aliphatic carbocycles. The third kappa shape index (κ3) is 4.73. The number of hydrazone groups is 1. The zero-order valence-electron chi connectivity index (χ0n) is 15.9. The van der Waals surface area contributed by atoms with Crippen molar-refractivity contribution < 1.29 is 9.47 Å². The first kappa shape index (κ1) is 19.1. The Morgan fingerprint density at radius 1 is 1.18 bits per heavy atom. The maximum atomic E-state index is 11.2. The molecule has 3 rings (SSSR count). The lowest BCUT2D eigenvalue weighted by Crippen LogP contribution is -2.15. The highest BCUT2D eigenvalue weighted by molar-refractivity contribution is 5.81. The molecular formula is C20H21N5O3. The Morgan fingerprint density at radius 2 is 2.00 bits per heavy atom. The molecular weight excluding hydrogens is 358 g/mol. The standard InChI is InChI=1S/C20H21N5O3/c1-13-6-4-5-7-16(13)12-28-17-9-8-15(10-18(17)27-3)11-21-24-19-14(2)23-25-20(26)22-19/h4-11H,12H2,1-3H3,(H2,22,24,25,26)/b21-11+. The van der Waals surface area contributed by atoms with Gasteiger partial charge in [0.15, 0.2) is 17.3 Å². The van der Waals surface area contributed by atoms with E-state index in [-0.39, 0.29) is 0 Å². The van der Waals surface area contributed by atoms with Crippen molar-refractivity contribution in [1.82, 2.24) is 15.2 Å². The van der Waals surface area contributed by atoms with Crippen molar-refractivity contribution in [1.29, 1.82) is 0 Å². The van der Waals surface area contributed by atoms with E-state index in [0.29, 0.717) is 29.6 Å². The van der Waals surface area contributed by atoms with Crippen molar-refractivity contribution >= 4 is 12.0 Å². The van der Waals surface area contributed by atoms with Gasteiger partial charge in [-0.05, 0) is 48.7 Å². The Balaban J connectivity index is 1.69. The molecule has 0 saturated heterocycles. The predicted octanol–water partition coefficient (Wildman–Crippen LogP) is 2.82. The molecule has 144 valence electrons. The van der Waals surface area contributed by atoms with Crippen LogP contribution in [0.15, 0.2) is 52.4 Å². The Morgan fingerprint density at radius 3 is 2.79 bits per heavy atom. The molecule has 0 spiro atoms. The second kappa shape index (κ2) is 8.81. The topological polar surface area (TPSA) is 101 Å². The molecule has 28 heavy (non-hydrogen) atoms. The van der Waals surface area contributed by atoms with Gasteiger partial charge in [0.2, 0.25) is 0 Å². The smallest absolute Gasteiger partial charge is 0.363 e. The maximum absolute atomic E-state index is 11.2. The molecule has 0 atom stereocenters. The van der Waals surface area contributed by atoms with E-state index in [1.54, 1.807) is 20.2 Å². The molecule has 0 bridgehead atoms. The molecule has 3 aromatic rings. The lowest BCUT2D eigenvalue weighted by atomic mass is 10.1. The van der Waals surface area contributed by atoms with Gasteiger partial charge in [-0.2, -0.15) is 15.2 Å². The summed E-state index contributed by atoms with van der Waals surface area (Å²) in [6.45, 7) is 4.22. The Kier molecular flexibility index (Phi) is 6.01. The summed E-state index contributed by atoms with van der Waals surface area (Å²) in [6, 6.07) is 13.6. The fraction of sp³-hybridized carbons (Fsp3) is 0.200. The van der Waals surface area contributed by atoms with Crippen LogP contribution in [0.2, 0.25) is 0 Å². The van der Waals surface area contributed by atoms with Crippen LogP contribution in [-0.4, -0.2) is 28.5 Å². The summed E-state index contributed by atoms with van der Waals surface area (Å²) in [5.41, 5.74) is 5.79. The predicted molar refractivity (Wildman–Crippen MR) is 107 cm³/mol. The maximum Gasteiger partial charge on any atom is 0.363 e. The largest absolute Gasteiger partial charge is 0.493 e. The fourth-order valence-corrected chi connectivity index (χ4v) is 2.48. The number of H-pyrrole nitrogens is 1. The van der Waals surface area contributed by atoms with Gasteiger partial charge >= 0.3 is 5.69 Å². The summed E-state index contributed by atoms with van der Waals surface area (Å²) in [5, 5.41) is 10.2. The molecule has 0 saturated carbocycles. The molecule has 8 nitrogen and oxygen atoms in total. The van der Waals surface area contributed by atoms with Gasteiger partial charge in [-0.3, -0.25) is 5.43 Å². The van der Waals surface area contributed by atoms with Crippen molar-refractivity contribution in [2.24, 2.45) is 5.10 Å². The molecule has 2 N–H and O–H groups in total. The number of hydrogen-bond acceptors (Lipinski definition) is 7. The van der Waals surface area contributed by atoms with Crippen LogP contribution in [-0.2, 0) is 6.61 Å². The van der Waals surface area contributed by atoms with Crippen molar-refractivity contribution in [3.05, 3.63) is 75.3 Å². The SMILES string of the molecule is COc1cc(/C=N/Nc2nc(=O)[nH]nc2C)ccc1OCc1ccccc1C. The lowest BCUT2D eigenvalue weighted by Gasteiger charge is -2.12. The average Bonchev–Trinajstić information content (AvgIpc) is 2.70. The van der Waals surface area contributed by atoms with E-state index in [4.69, 9.17) is 9.47 Å². The van der Waals surface area contributed by atoms with Crippen molar-refractivity contribution in [2.45, 2.75) is 20.5 Å². The van der Waals surface area contributed by atoms with Gasteiger partial charge < -0.3 is 9.47 Å². The molecule has 1 aromatic heterocycles. The zero-order valence-corrected chi connectivity index (χ0v) is 15.9. The fourth-order valence-electron chi connectivity index (χ4n) is 2.48. The number of benzene rings is 2. The number of hydrogen-bond donors (Lipinski definition) is 2. The first-order valence-electron chi connectivity index (χ1n) is 8.64. The highest BCUT2D eigenvalue weighted by Crippen LogP contribution is 2.28. The zero-order chi connectivity index (χ0) is 19.9. The van der Waals surface area contributed by atoms with Crippen LogP contribution in [0.25, 0.3) is 0 Å². The minimum Gasteiger partial charge on any atom is -0.493 e. The van der Waals surface area contributed by atoms with E-state index in [9.17, 15) is 4.79 Å². The average molecular weight is 379 g/mol. The number of anilines is 1. The van der Waals surface area contributed by atoms with Crippen LogP contribution in [0.5, 0.6) is 11.5 Å². The number of nitrogens with zero attached hydrogens (tertiary/aromatic N) is 3. The minimum atomic E-state index is -0.542. The number of ether oxygens (including phenoxy) is 2. The van der Waals surface area contributed by atoms with E-state index in [2.05, 4.69) is 38.7 Å². The van der Waals surface area contributed by atoms with Crippen LogP contribution >= 0.6 is 0 Å². The molecule has 2 aromatic carbocycles. The molecule has 1 heterocycles. The minimum absolute atomic E-state index is 0.296. The van der Waals surface area contributed by atoms with Crippen LogP contribution in [0, 0.1) is 13.8 Å². The number of rotatable bonds is 7. The van der Waals surface area contributed by atoms with Gasteiger partial charge in [0.25, 0.3) is 0 Å². The van der Waals surface area contributed by atoms with E-state index < -0.39 is 5.69 Å².